The highest BCUT2D eigenvalue weighted by molar-refractivity contribution is 6.17. The Morgan fingerprint density at radius 3 is 1.89 bits per heavy atom. The SMILES string of the molecule is C=C1/C=C\C=C/C/C=C\C=C1c1cc(-c2ccc(-n3c4ccccc4c4c(-c5ccc6c(c5)c5ccccc5n6-c5ccccc5)cccc43)cc2)nc(-c2ccccc2)n1. The lowest BCUT2D eigenvalue weighted by Gasteiger charge is -2.13. The summed E-state index contributed by atoms with van der Waals surface area (Å²) >= 11 is 0. The quantitative estimate of drug-likeness (QED) is 0.168. The summed E-state index contributed by atoms with van der Waals surface area (Å²) in [5.74, 6) is 0.675. The van der Waals surface area contributed by atoms with E-state index in [4.69, 9.17) is 9.97 Å². The van der Waals surface area contributed by atoms with Crippen LogP contribution in [-0.2, 0) is 0 Å². The summed E-state index contributed by atoms with van der Waals surface area (Å²) in [6, 6.07) is 62.8. The molecule has 3 aromatic heterocycles. The molecule has 0 fully saturated rings. The Hall–Kier alpha value is -8.08. The Bertz CT molecular complexity index is 3430. The van der Waals surface area contributed by atoms with Gasteiger partial charge in [-0.15, -0.1) is 0 Å². The Balaban J connectivity index is 1.03. The number of fused-ring (bicyclic) bond motifs is 6. The summed E-state index contributed by atoms with van der Waals surface area (Å²) < 4.78 is 4.76. The second-order valence-corrected chi connectivity index (χ2v) is 15.4. The third-order valence-corrected chi connectivity index (χ3v) is 11.7. The number of hydrogen-bond acceptors (Lipinski definition) is 2. The maximum absolute atomic E-state index is 5.14. The topological polar surface area (TPSA) is 35.6 Å². The molecule has 0 bridgehead atoms. The van der Waals surface area contributed by atoms with Gasteiger partial charge in [0, 0.05) is 49.6 Å². The lowest BCUT2D eigenvalue weighted by Crippen LogP contribution is -2.00. The van der Waals surface area contributed by atoms with Gasteiger partial charge in [-0.3, -0.25) is 0 Å². The third-order valence-electron chi connectivity index (χ3n) is 11.7. The van der Waals surface area contributed by atoms with Gasteiger partial charge in [-0.25, -0.2) is 9.97 Å². The van der Waals surface area contributed by atoms with E-state index in [-0.39, 0.29) is 0 Å². The van der Waals surface area contributed by atoms with Crippen molar-refractivity contribution in [3.05, 3.63) is 236 Å². The Labute approximate surface area is 354 Å². The summed E-state index contributed by atoms with van der Waals surface area (Å²) in [6.45, 7) is 4.42. The number of hydrogen-bond donors (Lipinski definition) is 0. The fraction of sp³-hybridized carbons (Fsp3) is 0.0175. The zero-order valence-corrected chi connectivity index (χ0v) is 33.5. The Morgan fingerprint density at radius 2 is 1.07 bits per heavy atom. The molecule has 0 aliphatic heterocycles. The van der Waals surface area contributed by atoms with Gasteiger partial charge in [-0.1, -0.05) is 164 Å². The van der Waals surface area contributed by atoms with Crippen molar-refractivity contribution >= 4 is 49.2 Å². The molecular weight excluding hydrogens is 741 g/mol. The first-order chi connectivity index (χ1) is 30.2. The minimum Gasteiger partial charge on any atom is -0.309 e. The van der Waals surface area contributed by atoms with Gasteiger partial charge >= 0.3 is 0 Å². The highest BCUT2D eigenvalue weighted by Crippen LogP contribution is 2.41. The van der Waals surface area contributed by atoms with Crippen LogP contribution in [0.1, 0.15) is 12.1 Å². The molecule has 0 spiro atoms. The van der Waals surface area contributed by atoms with E-state index in [2.05, 4.69) is 204 Å². The minimum atomic E-state index is 0.675. The lowest BCUT2D eigenvalue weighted by atomic mass is 9.98. The third kappa shape index (κ3) is 6.42. The van der Waals surface area contributed by atoms with Crippen LogP contribution in [0.5, 0.6) is 0 Å². The number of para-hydroxylation sites is 3. The molecule has 1 aliphatic rings. The molecule has 0 radical (unpaired) electrons. The van der Waals surface area contributed by atoms with Gasteiger partial charge in [-0.05, 0) is 83.8 Å². The fourth-order valence-corrected chi connectivity index (χ4v) is 8.86. The van der Waals surface area contributed by atoms with E-state index in [1.165, 1.54) is 43.7 Å². The average Bonchev–Trinajstić information content (AvgIpc) is 3.84. The Morgan fingerprint density at radius 1 is 0.443 bits per heavy atom. The first kappa shape index (κ1) is 36.0. The molecule has 0 saturated carbocycles. The van der Waals surface area contributed by atoms with Crippen molar-refractivity contribution in [2.24, 2.45) is 0 Å². The molecule has 1 aliphatic carbocycles. The summed E-state index contributed by atoms with van der Waals surface area (Å²) in [5, 5.41) is 4.93. The number of rotatable bonds is 6. The van der Waals surface area contributed by atoms with E-state index in [0.717, 1.165) is 62.5 Å². The largest absolute Gasteiger partial charge is 0.309 e. The average molecular weight is 781 g/mol. The van der Waals surface area contributed by atoms with Crippen molar-refractivity contribution in [3.63, 3.8) is 0 Å². The van der Waals surface area contributed by atoms with Crippen LogP contribution in [-0.4, -0.2) is 19.1 Å². The highest BCUT2D eigenvalue weighted by Gasteiger charge is 2.19. The molecule has 0 saturated heterocycles. The minimum absolute atomic E-state index is 0.675. The van der Waals surface area contributed by atoms with Gasteiger partial charge in [0.1, 0.15) is 0 Å². The molecule has 61 heavy (non-hydrogen) atoms. The molecule has 4 nitrogen and oxygen atoms in total. The predicted molar refractivity (Wildman–Crippen MR) is 256 cm³/mol. The number of nitrogens with zero attached hydrogens (tertiary/aromatic N) is 4. The molecule has 10 aromatic rings. The molecule has 4 heteroatoms. The molecular formula is C57H40N4. The van der Waals surface area contributed by atoms with Crippen molar-refractivity contribution in [1.29, 1.82) is 0 Å². The first-order valence-corrected chi connectivity index (χ1v) is 20.8. The maximum Gasteiger partial charge on any atom is 0.160 e. The van der Waals surface area contributed by atoms with Gasteiger partial charge < -0.3 is 9.13 Å². The van der Waals surface area contributed by atoms with Gasteiger partial charge in [0.2, 0.25) is 0 Å². The summed E-state index contributed by atoms with van der Waals surface area (Å²) in [4.78, 5) is 10.2. The molecule has 0 N–H and O–H groups in total. The van der Waals surface area contributed by atoms with Crippen LogP contribution >= 0.6 is 0 Å². The number of aromatic nitrogens is 4. The van der Waals surface area contributed by atoms with Gasteiger partial charge in [0.15, 0.2) is 5.82 Å². The van der Waals surface area contributed by atoms with Gasteiger partial charge in [0.25, 0.3) is 0 Å². The number of benzene rings is 7. The second kappa shape index (κ2) is 15.3. The van der Waals surface area contributed by atoms with E-state index in [1.807, 2.05) is 30.4 Å². The summed E-state index contributed by atoms with van der Waals surface area (Å²) in [6.07, 6.45) is 15.5. The summed E-state index contributed by atoms with van der Waals surface area (Å²) in [5.41, 5.74) is 14.9. The van der Waals surface area contributed by atoms with Crippen LogP contribution in [0, 0.1) is 0 Å². The van der Waals surface area contributed by atoms with Crippen molar-refractivity contribution in [1.82, 2.24) is 19.1 Å². The molecule has 0 amide bonds. The second-order valence-electron chi connectivity index (χ2n) is 15.4. The van der Waals surface area contributed by atoms with Crippen LogP contribution < -0.4 is 0 Å². The smallest absolute Gasteiger partial charge is 0.160 e. The molecule has 3 heterocycles. The van der Waals surface area contributed by atoms with Crippen LogP contribution in [0.15, 0.2) is 231 Å². The standard InChI is InChI=1S/C57H40N4/c1-39-19-8-4-2-3-5-13-24-45(39)51-38-50(58-57(59-51)41-20-9-6-10-21-41)40-31-34-44(35-32-40)61-53-29-17-15-26-48(53)56-46(27-18-30-55(56)61)42-33-36-54-49(37-42)47-25-14-16-28-52(47)60(54)43-22-11-7-12-23-43/h2,4-38H,1,3H2/b4-2-,13-5-,19-8-,45-24?. The lowest BCUT2D eigenvalue weighted by molar-refractivity contribution is 1.15. The summed E-state index contributed by atoms with van der Waals surface area (Å²) in [7, 11) is 0. The van der Waals surface area contributed by atoms with Crippen molar-refractivity contribution in [2.75, 3.05) is 0 Å². The van der Waals surface area contributed by atoms with Crippen molar-refractivity contribution < 1.29 is 0 Å². The monoisotopic (exact) mass is 780 g/mol. The van der Waals surface area contributed by atoms with E-state index >= 15 is 0 Å². The van der Waals surface area contributed by atoms with E-state index in [9.17, 15) is 0 Å². The molecule has 288 valence electrons. The fourth-order valence-electron chi connectivity index (χ4n) is 8.86. The van der Waals surface area contributed by atoms with Crippen molar-refractivity contribution in [3.8, 4) is 45.1 Å². The predicted octanol–water partition coefficient (Wildman–Crippen LogP) is 14.7. The van der Waals surface area contributed by atoms with Crippen LogP contribution in [0.2, 0.25) is 0 Å². The van der Waals surface area contributed by atoms with E-state index in [0.29, 0.717) is 5.82 Å². The molecule has 11 rings (SSSR count). The molecule has 0 unspecified atom stereocenters. The first-order valence-electron chi connectivity index (χ1n) is 20.8. The van der Waals surface area contributed by atoms with E-state index in [1.54, 1.807) is 0 Å². The molecule has 0 atom stereocenters. The van der Waals surface area contributed by atoms with E-state index < -0.39 is 0 Å². The normalized spacial score (nSPS) is 14.7. The maximum atomic E-state index is 5.14. The van der Waals surface area contributed by atoms with Gasteiger partial charge in [0.05, 0.1) is 33.5 Å². The van der Waals surface area contributed by atoms with Crippen LogP contribution in [0.3, 0.4) is 0 Å². The Kier molecular flexibility index (Phi) is 9.02. The zero-order valence-electron chi connectivity index (χ0n) is 33.5. The number of allylic oxidation sites excluding steroid dienone is 9. The molecule has 7 aromatic carbocycles. The van der Waals surface area contributed by atoms with Crippen LogP contribution in [0.4, 0.5) is 0 Å². The van der Waals surface area contributed by atoms with Gasteiger partial charge in [-0.2, -0.15) is 0 Å². The highest BCUT2D eigenvalue weighted by atomic mass is 15.0. The zero-order chi connectivity index (χ0) is 40.7. The van der Waals surface area contributed by atoms with Crippen LogP contribution in [0.25, 0.3) is 94.3 Å². The van der Waals surface area contributed by atoms with Crippen molar-refractivity contribution in [2.45, 2.75) is 6.42 Å².